The Labute approximate surface area is 195 Å². The summed E-state index contributed by atoms with van der Waals surface area (Å²) in [5.41, 5.74) is 0.514. The van der Waals surface area contributed by atoms with Crippen molar-refractivity contribution in [1.82, 2.24) is 10.2 Å². The molecule has 0 aromatic heterocycles. The van der Waals surface area contributed by atoms with Crippen LogP contribution in [0.5, 0.6) is 5.75 Å². The first kappa shape index (κ1) is 21.9. The average molecular weight is 445 g/mol. The van der Waals surface area contributed by atoms with Crippen molar-refractivity contribution in [2.24, 2.45) is 0 Å². The number of carbonyl (C=O) groups is 1. The molecular weight excluding hydrogens is 412 g/mol. The Hall–Kier alpha value is -2.89. The highest BCUT2D eigenvalue weighted by Crippen LogP contribution is 2.52. The first-order valence-corrected chi connectivity index (χ1v) is 11.8. The Morgan fingerprint density at radius 2 is 1.88 bits per heavy atom. The van der Waals surface area contributed by atoms with Crippen molar-refractivity contribution in [2.75, 3.05) is 27.2 Å². The molecule has 172 valence electrons. The van der Waals surface area contributed by atoms with E-state index in [1.807, 2.05) is 48.5 Å². The highest BCUT2D eigenvalue weighted by Gasteiger charge is 2.57. The number of fused-ring (bicyclic) bond motifs is 2. The monoisotopic (exact) mass is 444 g/mol. The molecule has 0 unspecified atom stereocenters. The lowest BCUT2D eigenvalue weighted by atomic mass is 9.55. The second-order valence-electron chi connectivity index (χ2n) is 9.81. The van der Waals surface area contributed by atoms with Crippen molar-refractivity contribution in [2.45, 2.75) is 42.7 Å². The maximum atomic E-state index is 13.2. The number of rotatable bonds is 4. The second-order valence-corrected chi connectivity index (χ2v) is 9.81. The fourth-order valence-corrected chi connectivity index (χ4v) is 6.01. The number of piperidine rings is 1. The highest BCUT2D eigenvalue weighted by molar-refractivity contribution is 5.98. The molecule has 0 radical (unpaired) electrons. The molecule has 5 rings (SSSR count). The first-order chi connectivity index (χ1) is 15.9. The smallest absolute Gasteiger partial charge is 0.251 e. The fourth-order valence-electron chi connectivity index (χ4n) is 6.01. The van der Waals surface area contributed by atoms with Crippen LogP contribution in [0.1, 0.15) is 41.6 Å². The summed E-state index contributed by atoms with van der Waals surface area (Å²) >= 11 is 0. The summed E-state index contributed by atoms with van der Waals surface area (Å²) < 4.78 is 5.50. The zero-order chi connectivity index (χ0) is 23.1. The molecular formula is C28H32N2O3. The molecule has 1 amide bonds. The first-order valence-electron chi connectivity index (χ1n) is 11.8. The summed E-state index contributed by atoms with van der Waals surface area (Å²) in [6, 6.07) is 22.0. The van der Waals surface area contributed by atoms with Gasteiger partial charge in [-0.3, -0.25) is 4.79 Å². The Bertz CT molecular complexity index is 1180. The minimum Gasteiger partial charge on any atom is -0.497 e. The minimum atomic E-state index is -0.837. The number of nitrogens with zero attached hydrogens (tertiary/aromatic N) is 1. The van der Waals surface area contributed by atoms with Gasteiger partial charge in [-0.15, -0.1) is 0 Å². The standard InChI is InChI=1S/C28H32N2O3/c1-30-15-14-27(23-8-5-9-25(17-23)33-2)18-24(12-13-28(27,32)19-30)29-26(31)22-11-10-20-6-3-4-7-21(20)16-22/h3-11,16-17,24,32H,12-15,18-19H2,1-2H3,(H,29,31)/t24-,27+,28+/m1/s1. The van der Waals surface area contributed by atoms with E-state index in [9.17, 15) is 9.90 Å². The van der Waals surface area contributed by atoms with Crippen LogP contribution in [0.2, 0.25) is 0 Å². The lowest BCUT2D eigenvalue weighted by molar-refractivity contribution is -0.121. The van der Waals surface area contributed by atoms with Crippen LogP contribution >= 0.6 is 0 Å². The summed E-state index contributed by atoms with van der Waals surface area (Å²) in [5.74, 6) is 0.746. The molecule has 3 atom stereocenters. The van der Waals surface area contributed by atoms with E-state index in [2.05, 4.69) is 35.5 Å². The summed E-state index contributed by atoms with van der Waals surface area (Å²) in [6.07, 6.45) is 2.96. The Kier molecular flexibility index (Phi) is 5.63. The summed E-state index contributed by atoms with van der Waals surface area (Å²) in [5, 5.41) is 17.4. The summed E-state index contributed by atoms with van der Waals surface area (Å²) in [6.45, 7) is 1.54. The quantitative estimate of drug-likeness (QED) is 0.635. The maximum absolute atomic E-state index is 13.2. The van der Waals surface area contributed by atoms with Gasteiger partial charge in [-0.05, 0) is 79.9 Å². The van der Waals surface area contributed by atoms with Gasteiger partial charge in [0.25, 0.3) is 5.91 Å². The average Bonchev–Trinajstić information content (AvgIpc) is 2.84. The number of carbonyl (C=O) groups excluding carboxylic acids is 1. The molecule has 1 heterocycles. The van der Waals surface area contributed by atoms with Crippen LogP contribution in [-0.2, 0) is 5.41 Å². The Morgan fingerprint density at radius 1 is 1.06 bits per heavy atom. The molecule has 33 heavy (non-hydrogen) atoms. The third-order valence-corrected chi connectivity index (χ3v) is 7.81. The number of β-amino-alcohol motifs (C(OH)–C–C–N with tert-alkyl or cyclic N) is 1. The van der Waals surface area contributed by atoms with Crippen molar-refractivity contribution >= 4 is 16.7 Å². The molecule has 0 spiro atoms. The molecule has 1 aliphatic heterocycles. The van der Waals surface area contributed by atoms with E-state index in [1.54, 1.807) is 7.11 Å². The molecule has 2 fully saturated rings. The fraction of sp³-hybridized carbons (Fsp3) is 0.393. The lowest BCUT2D eigenvalue weighted by Gasteiger charge is -2.57. The number of likely N-dealkylation sites (tertiary alicyclic amines) is 1. The Morgan fingerprint density at radius 3 is 2.70 bits per heavy atom. The van der Waals surface area contributed by atoms with Gasteiger partial charge in [0.15, 0.2) is 0 Å². The van der Waals surface area contributed by atoms with Gasteiger partial charge in [0.1, 0.15) is 5.75 Å². The van der Waals surface area contributed by atoms with Crippen molar-refractivity contribution in [3.63, 3.8) is 0 Å². The van der Waals surface area contributed by atoms with E-state index < -0.39 is 11.0 Å². The number of hydrogen-bond acceptors (Lipinski definition) is 4. The van der Waals surface area contributed by atoms with Gasteiger partial charge in [0, 0.05) is 23.6 Å². The number of nitrogens with one attached hydrogen (secondary N) is 1. The van der Waals surface area contributed by atoms with Crippen LogP contribution in [0, 0.1) is 0 Å². The topological polar surface area (TPSA) is 61.8 Å². The van der Waals surface area contributed by atoms with E-state index in [0.29, 0.717) is 24.9 Å². The van der Waals surface area contributed by atoms with E-state index in [0.717, 1.165) is 41.5 Å². The van der Waals surface area contributed by atoms with Crippen LogP contribution in [-0.4, -0.2) is 54.8 Å². The number of methoxy groups -OCH3 is 1. The van der Waals surface area contributed by atoms with E-state index >= 15 is 0 Å². The van der Waals surface area contributed by atoms with Crippen molar-refractivity contribution in [3.8, 4) is 5.75 Å². The van der Waals surface area contributed by atoms with E-state index in [4.69, 9.17) is 4.74 Å². The predicted octanol–water partition coefficient (Wildman–Crippen LogP) is 4.14. The lowest BCUT2D eigenvalue weighted by Crippen LogP contribution is -2.66. The van der Waals surface area contributed by atoms with Gasteiger partial charge in [-0.25, -0.2) is 0 Å². The van der Waals surface area contributed by atoms with Crippen LogP contribution in [0.4, 0.5) is 0 Å². The van der Waals surface area contributed by atoms with Crippen molar-refractivity contribution in [1.29, 1.82) is 0 Å². The number of hydrogen-bond donors (Lipinski definition) is 2. The van der Waals surface area contributed by atoms with Crippen molar-refractivity contribution < 1.29 is 14.6 Å². The summed E-state index contributed by atoms with van der Waals surface area (Å²) in [4.78, 5) is 15.4. The summed E-state index contributed by atoms with van der Waals surface area (Å²) in [7, 11) is 3.74. The van der Waals surface area contributed by atoms with Gasteiger partial charge in [0.2, 0.25) is 0 Å². The maximum Gasteiger partial charge on any atom is 0.251 e. The van der Waals surface area contributed by atoms with Crippen molar-refractivity contribution in [3.05, 3.63) is 77.9 Å². The molecule has 2 N–H and O–H groups in total. The zero-order valence-corrected chi connectivity index (χ0v) is 19.4. The van der Waals surface area contributed by atoms with Crippen LogP contribution in [0.3, 0.4) is 0 Å². The van der Waals surface area contributed by atoms with Gasteiger partial charge in [-0.2, -0.15) is 0 Å². The van der Waals surface area contributed by atoms with E-state index in [-0.39, 0.29) is 11.9 Å². The van der Waals surface area contributed by atoms with Gasteiger partial charge < -0.3 is 20.1 Å². The number of aliphatic hydroxyl groups is 1. The second kappa shape index (κ2) is 8.47. The zero-order valence-electron chi connectivity index (χ0n) is 19.4. The number of ether oxygens (including phenoxy) is 1. The van der Waals surface area contributed by atoms with Gasteiger partial charge in [-0.1, -0.05) is 42.5 Å². The molecule has 3 aromatic carbocycles. The third kappa shape index (κ3) is 3.90. The SMILES string of the molecule is COc1cccc([C@@]23CCN(C)C[C@@]2(O)CC[C@@H](NC(=O)c2ccc4ccccc4c2)C3)c1. The molecule has 0 bridgehead atoms. The van der Waals surface area contributed by atoms with Crippen LogP contribution in [0.15, 0.2) is 66.7 Å². The molecule has 1 saturated heterocycles. The molecule has 3 aromatic rings. The molecule has 5 heteroatoms. The number of benzene rings is 3. The molecule has 1 aliphatic carbocycles. The van der Waals surface area contributed by atoms with E-state index in [1.165, 1.54) is 0 Å². The Balaban J connectivity index is 1.43. The molecule has 5 nitrogen and oxygen atoms in total. The molecule has 2 aliphatic rings. The number of amides is 1. The number of likely N-dealkylation sites (N-methyl/N-ethyl adjacent to an activating group) is 1. The highest BCUT2D eigenvalue weighted by atomic mass is 16.5. The van der Waals surface area contributed by atoms with Crippen LogP contribution in [0.25, 0.3) is 10.8 Å². The minimum absolute atomic E-state index is 0.00106. The third-order valence-electron chi connectivity index (χ3n) is 7.81. The molecule has 1 saturated carbocycles. The van der Waals surface area contributed by atoms with Gasteiger partial charge in [0.05, 0.1) is 12.7 Å². The van der Waals surface area contributed by atoms with Crippen LogP contribution < -0.4 is 10.1 Å². The largest absolute Gasteiger partial charge is 0.497 e. The predicted molar refractivity (Wildman–Crippen MR) is 131 cm³/mol. The normalized spacial score (nSPS) is 27.7. The van der Waals surface area contributed by atoms with Gasteiger partial charge >= 0.3 is 0 Å².